The normalized spacial score (nSPS) is 11.4. The zero-order valence-electron chi connectivity index (χ0n) is 15.2. The summed E-state index contributed by atoms with van der Waals surface area (Å²) >= 11 is 0. The van der Waals surface area contributed by atoms with Gasteiger partial charge in [0.05, 0.1) is 0 Å². The highest BCUT2D eigenvalue weighted by atomic mass is 16.6. The minimum atomic E-state index is 0.420. The van der Waals surface area contributed by atoms with Crippen molar-refractivity contribution in [2.75, 3.05) is 6.61 Å². The fourth-order valence-electron chi connectivity index (χ4n) is 2.59. The van der Waals surface area contributed by atoms with Crippen LogP contribution in [0.1, 0.15) is 34.9 Å². The molecule has 134 valence electrons. The molecule has 0 spiro atoms. The van der Waals surface area contributed by atoms with Crippen molar-refractivity contribution in [3.8, 4) is 5.75 Å². The largest absolute Gasteiger partial charge is 0.489 e. The molecule has 1 aromatic heterocycles. The van der Waals surface area contributed by atoms with Crippen LogP contribution in [-0.2, 0) is 11.4 Å². The molecule has 3 rings (SSSR count). The number of oxime groups is 1. The zero-order valence-corrected chi connectivity index (χ0v) is 15.2. The lowest BCUT2D eigenvalue weighted by Gasteiger charge is -2.13. The Hall–Kier alpha value is -3.08. The molecule has 2 aromatic carbocycles. The van der Waals surface area contributed by atoms with Gasteiger partial charge < -0.3 is 14.1 Å². The maximum atomic E-state index is 6.08. The van der Waals surface area contributed by atoms with E-state index < -0.39 is 0 Å². The Bertz CT molecular complexity index is 886. The summed E-state index contributed by atoms with van der Waals surface area (Å²) in [5.74, 6) is 0.879. The molecule has 3 aromatic rings. The Morgan fingerprint density at radius 2 is 1.96 bits per heavy atom. The minimum absolute atomic E-state index is 0.420. The quantitative estimate of drug-likeness (QED) is 0.459. The molecular weight excluding hydrogens is 328 g/mol. The van der Waals surface area contributed by atoms with E-state index in [1.54, 1.807) is 6.07 Å². The fourth-order valence-corrected chi connectivity index (χ4v) is 2.59. The fraction of sp³-hybridized carbons (Fsp3) is 0.238. The van der Waals surface area contributed by atoms with Crippen LogP contribution in [-0.4, -0.2) is 17.5 Å². The second-order valence-corrected chi connectivity index (χ2v) is 5.96. The summed E-state index contributed by atoms with van der Waals surface area (Å²) in [7, 11) is 0. The van der Waals surface area contributed by atoms with E-state index in [4.69, 9.17) is 14.1 Å². The summed E-state index contributed by atoms with van der Waals surface area (Å²) in [5, 5.41) is 8.25. The molecular formula is C21H22N2O3. The summed E-state index contributed by atoms with van der Waals surface area (Å²) < 4.78 is 11.1. The van der Waals surface area contributed by atoms with Gasteiger partial charge in [0.2, 0.25) is 0 Å². The molecule has 26 heavy (non-hydrogen) atoms. The number of ether oxygens (including phenoxy) is 1. The van der Waals surface area contributed by atoms with Crippen LogP contribution < -0.4 is 4.74 Å². The van der Waals surface area contributed by atoms with Crippen molar-refractivity contribution in [2.24, 2.45) is 5.16 Å². The predicted octanol–water partition coefficient (Wildman–Crippen LogP) is 4.66. The Kier molecular flexibility index (Phi) is 5.69. The zero-order chi connectivity index (χ0) is 18.4. The Morgan fingerprint density at radius 3 is 2.73 bits per heavy atom. The average Bonchev–Trinajstić information content (AvgIpc) is 3.18. The molecule has 0 unspecified atom stereocenters. The molecule has 0 N–H and O–H groups in total. The van der Waals surface area contributed by atoms with Crippen molar-refractivity contribution >= 4 is 5.71 Å². The van der Waals surface area contributed by atoms with Gasteiger partial charge in [0.1, 0.15) is 36.6 Å². The van der Waals surface area contributed by atoms with Crippen molar-refractivity contribution < 1.29 is 14.1 Å². The van der Waals surface area contributed by atoms with Crippen LogP contribution in [0.15, 0.2) is 64.5 Å². The van der Waals surface area contributed by atoms with Gasteiger partial charge in [-0.3, -0.25) is 0 Å². The second kappa shape index (κ2) is 8.34. The minimum Gasteiger partial charge on any atom is -0.489 e. The summed E-state index contributed by atoms with van der Waals surface area (Å²) in [6.07, 6.45) is 1.52. The van der Waals surface area contributed by atoms with Crippen LogP contribution in [0, 0.1) is 13.8 Å². The molecule has 5 nitrogen and oxygen atoms in total. The SMILES string of the molecule is CCON=C(c1ccon1)c1ccccc1COc1cc(C)ccc1C. The number of nitrogens with zero attached hydrogens (tertiary/aromatic N) is 2. The lowest BCUT2D eigenvalue weighted by atomic mass is 10.0. The van der Waals surface area contributed by atoms with E-state index in [0.29, 0.717) is 24.6 Å². The third-order valence-electron chi connectivity index (χ3n) is 3.96. The highest BCUT2D eigenvalue weighted by Gasteiger charge is 2.16. The van der Waals surface area contributed by atoms with Gasteiger partial charge in [0, 0.05) is 11.6 Å². The first-order valence-electron chi connectivity index (χ1n) is 8.58. The van der Waals surface area contributed by atoms with Crippen molar-refractivity contribution in [2.45, 2.75) is 27.4 Å². The van der Waals surface area contributed by atoms with Gasteiger partial charge in [0.25, 0.3) is 0 Å². The number of rotatable bonds is 7. The molecule has 0 aliphatic carbocycles. The van der Waals surface area contributed by atoms with Crippen LogP contribution in [0.2, 0.25) is 0 Å². The molecule has 0 fully saturated rings. The number of benzene rings is 2. The van der Waals surface area contributed by atoms with Crippen LogP contribution in [0.4, 0.5) is 0 Å². The van der Waals surface area contributed by atoms with Crippen LogP contribution in [0.5, 0.6) is 5.75 Å². The summed E-state index contributed by atoms with van der Waals surface area (Å²) in [5.41, 5.74) is 5.42. The highest BCUT2D eigenvalue weighted by molar-refractivity contribution is 6.12. The smallest absolute Gasteiger partial charge is 0.139 e. The van der Waals surface area contributed by atoms with Gasteiger partial charge in [-0.15, -0.1) is 0 Å². The number of hydrogen-bond donors (Lipinski definition) is 0. The first kappa shape index (κ1) is 17.7. The Morgan fingerprint density at radius 1 is 1.12 bits per heavy atom. The lowest BCUT2D eigenvalue weighted by molar-refractivity contribution is 0.159. The number of aromatic nitrogens is 1. The number of aryl methyl sites for hydroxylation is 2. The van der Waals surface area contributed by atoms with Gasteiger partial charge in [-0.1, -0.05) is 46.7 Å². The maximum absolute atomic E-state index is 6.08. The molecule has 0 saturated carbocycles. The molecule has 0 saturated heterocycles. The lowest BCUT2D eigenvalue weighted by Crippen LogP contribution is -2.10. The van der Waals surface area contributed by atoms with Crippen molar-refractivity contribution in [3.63, 3.8) is 0 Å². The van der Waals surface area contributed by atoms with Crippen molar-refractivity contribution in [3.05, 3.63) is 82.7 Å². The van der Waals surface area contributed by atoms with Crippen molar-refractivity contribution in [1.82, 2.24) is 5.16 Å². The van der Waals surface area contributed by atoms with Gasteiger partial charge >= 0.3 is 0 Å². The number of hydrogen-bond acceptors (Lipinski definition) is 5. The molecule has 0 aliphatic rings. The Balaban J connectivity index is 1.91. The van der Waals surface area contributed by atoms with Gasteiger partial charge in [-0.25, -0.2) is 0 Å². The summed E-state index contributed by atoms with van der Waals surface area (Å²) in [6, 6.07) is 15.9. The van der Waals surface area contributed by atoms with Gasteiger partial charge in [-0.05, 0) is 43.5 Å². The summed E-state index contributed by atoms with van der Waals surface area (Å²) in [4.78, 5) is 5.29. The molecule has 0 radical (unpaired) electrons. The molecule has 0 atom stereocenters. The van der Waals surface area contributed by atoms with E-state index in [1.807, 2.05) is 44.2 Å². The Labute approximate surface area is 153 Å². The highest BCUT2D eigenvalue weighted by Crippen LogP contribution is 2.22. The molecule has 0 aliphatic heterocycles. The van der Waals surface area contributed by atoms with E-state index in [0.717, 1.165) is 22.4 Å². The monoisotopic (exact) mass is 350 g/mol. The molecule has 0 bridgehead atoms. The van der Waals surface area contributed by atoms with E-state index in [2.05, 4.69) is 29.4 Å². The van der Waals surface area contributed by atoms with E-state index in [1.165, 1.54) is 11.8 Å². The van der Waals surface area contributed by atoms with Crippen LogP contribution in [0.25, 0.3) is 0 Å². The molecule has 0 amide bonds. The van der Waals surface area contributed by atoms with Crippen molar-refractivity contribution in [1.29, 1.82) is 0 Å². The first-order chi connectivity index (χ1) is 12.7. The average molecular weight is 350 g/mol. The van der Waals surface area contributed by atoms with E-state index in [9.17, 15) is 0 Å². The molecule has 5 heteroatoms. The molecule has 1 heterocycles. The first-order valence-corrected chi connectivity index (χ1v) is 8.58. The maximum Gasteiger partial charge on any atom is 0.139 e. The third kappa shape index (κ3) is 4.11. The predicted molar refractivity (Wildman–Crippen MR) is 100 cm³/mol. The van der Waals surface area contributed by atoms with Gasteiger partial charge in [0.15, 0.2) is 0 Å². The standard InChI is InChI=1S/C21H22N2O3/c1-4-25-23-21(19-11-12-26-22-19)18-8-6-5-7-17(18)14-24-20-13-15(2)9-10-16(20)3/h5-13H,4,14H2,1-3H3. The van der Waals surface area contributed by atoms with Crippen LogP contribution >= 0.6 is 0 Å². The third-order valence-corrected chi connectivity index (χ3v) is 3.96. The topological polar surface area (TPSA) is 56.9 Å². The van der Waals surface area contributed by atoms with Crippen LogP contribution in [0.3, 0.4) is 0 Å². The second-order valence-electron chi connectivity index (χ2n) is 5.96. The van der Waals surface area contributed by atoms with E-state index >= 15 is 0 Å². The van der Waals surface area contributed by atoms with Gasteiger partial charge in [-0.2, -0.15) is 0 Å². The van der Waals surface area contributed by atoms with E-state index in [-0.39, 0.29) is 0 Å². The summed E-state index contributed by atoms with van der Waals surface area (Å²) in [6.45, 7) is 6.88.